The summed E-state index contributed by atoms with van der Waals surface area (Å²) in [5, 5.41) is 4.08. The van der Waals surface area contributed by atoms with E-state index in [0.29, 0.717) is 17.9 Å². The third-order valence-electron chi connectivity index (χ3n) is 3.07. The highest BCUT2D eigenvalue weighted by Gasteiger charge is 2.29. The summed E-state index contributed by atoms with van der Waals surface area (Å²) in [5.41, 5.74) is 0.669. The molecule has 0 radical (unpaired) electrons. The molecule has 20 heavy (non-hydrogen) atoms. The van der Waals surface area contributed by atoms with Crippen LogP contribution in [0.4, 0.5) is 0 Å². The molecule has 0 bridgehead atoms. The summed E-state index contributed by atoms with van der Waals surface area (Å²) in [6.07, 6.45) is 3.03. The lowest BCUT2D eigenvalue weighted by atomic mass is 10.1. The van der Waals surface area contributed by atoms with Gasteiger partial charge in [-0.05, 0) is 35.7 Å². The van der Waals surface area contributed by atoms with E-state index in [1.807, 2.05) is 0 Å². The zero-order valence-corrected chi connectivity index (χ0v) is 13.8. The fourth-order valence-electron chi connectivity index (χ4n) is 2.11. The summed E-state index contributed by atoms with van der Waals surface area (Å²) >= 11 is 4.40. The highest BCUT2D eigenvalue weighted by Crippen LogP contribution is 2.29. The summed E-state index contributed by atoms with van der Waals surface area (Å²) in [5.74, 6) is 0.659. The molecule has 0 aliphatic carbocycles. The zero-order chi connectivity index (χ0) is 14.3. The third kappa shape index (κ3) is 2.52. The first-order chi connectivity index (χ1) is 9.47. The van der Waals surface area contributed by atoms with Crippen LogP contribution in [0.2, 0.25) is 0 Å². The van der Waals surface area contributed by atoms with Crippen LogP contribution < -0.4 is 4.72 Å². The predicted octanol–water partition coefficient (Wildman–Crippen LogP) is 1.62. The molecule has 2 aromatic rings. The molecule has 0 amide bonds. The number of hydrogen-bond acceptors (Lipinski definition) is 6. The van der Waals surface area contributed by atoms with Crippen molar-refractivity contribution in [3.05, 3.63) is 21.6 Å². The molecule has 3 heterocycles. The summed E-state index contributed by atoms with van der Waals surface area (Å²) < 4.78 is 29.9. The van der Waals surface area contributed by atoms with Crippen LogP contribution in [-0.2, 0) is 16.6 Å². The smallest absolute Gasteiger partial charge is 0.248 e. The minimum absolute atomic E-state index is 0.0681. The van der Waals surface area contributed by atoms with Crippen molar-refractivity contribution in [1.29, 1.82) is 0 Å². The largest absolute Gasteiger partial charge is 0.268 e. The highest BCUT2D eigenvalue weighted by atomic mass is 79.9. The van der Waals surface area contributed by atoms with E-state index in [9.17, 15) is 8.42 Å². The Morgan fingerprint density at radius 1 is 1.55 bits per heavy atom. The van der Waals surface area contributed by atoms with Crippen LogP contribution in [-0.4, -0.2) is 28.2 Å². The molecule has 0 saturated heterocycles. The van der Waals surface area contributed by atoms with E-state index in [2.05, 4.69) is 35.7 Å². The molecule has 1 atom stereocenters. The Hall–Kier alpha value is -0.840. The first-order valence-corrected chi connectivity index (χ1v) is 9.09. The number of thiazole rings is 1. The normalized spacial score (nSPS) is 19.0. The number of nitrogens with one attached hydrogen (secondary N) is 1. The van der Waals surface area contributed by atoms with Gasteiger partial charge in [0.2, 0.25) is 4.34 Å². The first-order valence-electron chi connectivity index (χ1n) is 6.00. The maximum Gasteiger partial charge on any atom is 0.268 e. The second-order valence-corrected chi connectivity index (χ2v) is 8.70. The Morgan fingerprint density at radius 2 is 2.35 bits per heavy atom. The molecule has 0 spiro atoms. The van der Waals surface area contributed by atoms with Gasteiger partial charge < -0.3 is 0 Å². The summed E-state index contributed by atoms with van der Waals surface area (Å²) in [4.78, 5) is 8.21. The second-order valence-electron chi connectivity index (χ2n) is 4.50. The quantitative estimate of drug-likeness (QED) is 0.877. The molecule has 3 rings (SSSR count). The monoisotopic (exact) mass is 377 g/mol. The van der Waals surface area contributed by atoms with Crippen LogP contribution in [0.1, 0.15) is 30.4 Å². The molecular weight excluding hydrogens is 366 g/mol. The summed E-state index contributed by atoms with van der Waals surface area (Å²) in [6, 6.07) is -0.348. The SMILES string of the molecule is Cc1nc(S(=O)(=O)N[C@H]2CCCn3ncnc32)sc1Br. The molecule has 0 fully saturated rings. The van der Waals surface area contributed by atoms with Crippen molar-refractivity contribution >= 4 is 37.3 Å². The van der Waals surface area contributed by atoms with Gasteiger partial charge >= 0.3 is 0 Å². The average Bonchev–Trinajstić information content (AvgIpc) is 2.98. The van der Waals surface area contributed by atoms with Crippen LogP contribution in [0.3, 0.4) is 0 Å². The molecule has 108 valence electrons. The average molecular weight is 378 g/mol. The van der Waals surface area contributed by atoms with Crippen molar-refractivity contribution in [1.82, 2.24) is 24.5 Å². The maximum atomic E-state index is 12.4. The van der Waals surface area contributed by atoms with Gasteiger partial charge in [-0.2, -0.15) is 9.82 Å². The van der Waals surface area contributed by atoms with Crippen molar-refractivity contribution in [2.45, 2.75) is 36.7 Å². The van der Waals surface area contributed by atoms with Gasteiger partial charge in [0.05, 0.1) is 15.5 Å². The van der Waals surface area contributed by atoms with Crippen LogP contribution in [0.5, 0.6) is 0 Å². The third-order valence-corrected chi connectivity index (χ3v) is 6.92. The molecule has 2 aromatic heterocycles. The van der Waals surface area contributed by atoms with Crippen LogP contribution in [0.15, 0.2) is 14.5 Å². The van der Waals surface area contributed by atoms with Crippen molar-refractivity contribution in [2.75, 3.05) is 0 Å². The van der Waals surface area contributed by atoms with Gasteiger partial charge in [0.25, 0.3) is 10.0 Å². The van der Waals surface area contributed by atoms with Gasteiger partial charge in [-0.25, -0.2) is 23.1 Å². The molecular formula is C10H12BrN5O2S2. The number of hydrogen-bond donors (Lipinski definition) is 1. The van der Waals surface area contributed by atoms with Crippen molar-refractivity contribution in [2.24, 2.45) is 0 Å². The molecule has 10 heteroatoms. The number of aryl methyl sites for hydroxylation is 2. The van der Waals surface area contributed by atoms with Gasteiger partial charge in [-0.1, -0.05) is 11.3 Å². The van der Waals surface area contributed by atoms with Crippen LogP contribution in [0.25, 0.3) is 0 Å². The number of sulfonamides is 1. The van der Waals surface area contributed by atoms with E-state index in [1.165, 1.54) is 6.33 Å². The van der Waals surface area contributed by atoms with Gasteiger partial charge in [0, 0.05) is 6.54 Å². The minimum atomic E-state index is -3.64. The van der Waals surface area contributed by atoms with E-state index >= 15 is 0 Å². The van der Waals surface area contributed by atoms with E-state index < -0.39 is 10.0 Å². The molecule has 0 unspecified atom stereocenters. The number of halogens is 1. The van der Waals surface area contributed by atoms with Crippen molar-refractivity contribution < 1.29 is 8.42 Å². The van der Waals surface area contributed by atoms with E-state index in [0.717, 1.165) is 28.1 Å². The Morgan fingerprint density at radius 3 is 3.05 bits per heavy atom. The molecule has 0 aromatic carbocycles. The second kappa shape index (κ2) is 5.17. The van der Waals surface area contributed by atoms with E-state index in [-0.39, 0.29) is 10.4 Å². The number of aromatic nitrogens is 4. The zero-order valence-electron chi connectivity index (χ0n) is 10.6. The van der Waals surface area contributed by atoms with Crippen LogP contribution >= 0.6 is 27.3 Å². The lowest BCUT2D eigenvalue weighted by molar-refractivity contribution is 0.400. The first kappa shape index (κ1) is 14.1. The van der Waals surface area contributed by atoms with Crippen LogP contribution in [0, 0.1) is 6.92 Å². The highest BCUT2D eigenvalue weighted by molar-refractivity contribution is 9.11. The molecule has 1 N–H and O–H groups in total. The van der Waals surface area contributed by atoms with E-state index in [4.69, 9.17) is 0 Å². The van der Waals surface area contributed by atoms with E-state index in [1.54, 1.807) is 11.6 Å². The predicted molar refractivity (Wildman–Crippen MR) is 76.9 cm³/mol. The topological polar surface area (TPSA) is 89.8 Å². The van der Waals surface area contributed by atoms with Gasteiger partial charge in [0.15, 0.2) is 0 Å². The minimum Gasteiger partial charge on any atom is -0.248 e. The standard InChI is InChI=1S/C10H12BrN5O2S2/c1-6-8(11)19-10(14-6)20(17,18)15-7-3-2-4-16-9(7)12-5-13-16/h5,7,15H,2-4H2,1H3/t7-/m0/s1. The summed E-state index contributed by atoms with van der Waals surface area (Å²) in [6.45, 7) is 2.53. The lowest BCUT2D eigenvalue weighted by Crippen LogP contribution is -2.33. The molecule has 1 aliphatic heterocycles. The van der Waals surface area contributed by atoms with Crippen molar-refractivity contribution in [3.8, 4) is 0 Å². The van der Waals surface area contributed by atoms with Gasteiger partial charge in [-0.3, -0.25) is 0 Å². The fraction of sp³-hybridized carbons (Fsp3) is 0.500. The lowest BCUT2D eigenvalue weighted by Gasteiger charge is -2.22. The van der Waals surface area contributed by atoms with Gasteiger partial charge in [0.1, 0.15) is 12.2 Å². The number of rotatable bonds is 3. The maximum absolute atomic E-state index is 12.4. The molecule has 1 aliphatic rings. The number of fused-ring (bicyclic) bond motifs is 1. The van der Waals surface area contributed by atoms with Gasteiger partial charge in [-0.15, -0.1) is 0 Å². The fourth-order valence-corrected chi connectivity index (χ4v) is 5.30. The Kier molecular flexibility index (Phi) is 3.65. The Labute approximate surface area is 128 Å². The Bertz CT molecular complexity index is 719. The summed E-state index contributed by atoms with van der Waals surface area (Å²) in [7, 11) is -3.64. The Balaban J connectivity index is 1.88. The van der Waals surface area contributed by atoms with Crippen molar-refractivity contribution in [3.63, 3.8) is 0 Å². The number of nitrogens with zero attached hydrogens (tertiary/aromatic N) is 4. The molecule has 0 saturated carbocycles. The molecule has 7 nitrogen and oxygen atoms in total.